The SMILES string of the molecule is CCNC(=NCc1ccc(CN2CCCC2=O)cc1)N(C)CCOCC1CC1.I. The summed E-state index contributed by atoms with van der Waals surface area (Å²) < 4.78 is 5.74. The van der Waals surface area contributed by atoms with Crippen LogP contribution in [-0.4, -0.2) is 61.6 Å². The molecule has 1 aliphatic heterocycles. The van der Waals surface area contributed by atoms with Crippen LogP contribution in [0.25, 0.3) is 0 Å². The van der Waals surface area contributed by atoms with Crippen molar-refractivity contribution in [2.45, 2.75) is 45.7 Å². The van der Waals surface area contributed by atoms with Crippen molar-refractivity contribution in [3.05, 3.63) is 35.4 Å². The third-order valence-corrected chi connectivity index (χ3v) is 5.30. The zero-order chi connectivity index (χ0) is 19.8. The lowest BCUT2D eigenvalue weighted by Gasteiger charge is -2.22. The molecule has 1 saturated heterocycles. The van der Waals surface area contributed by atoms with Crippen LogP contribution < -0.4 is 5.32 Å². The summed E-state index contributed by atoms with van der Waals surface area (Å²) in [5.74, 6) is 1.98. The number of carbonyl (C=O) groups is 1. The van der Waals surface area contributed by atoms with Crippen LogP contribution in [0, 0.1) is 5.92 Å². The van der Waals surface area contributed by atoms with E-state index in [1.165, 1.54) is 24.0 Å². The highest BCUT2D eigenvalue weighted by atomic mass is 127. The number of aliphatic imine (C=N–C) groups is 1. The second-order valence-corrected chi connectivity index (χ2v) is 7.85. The topological polar surface area (TPSA) is 57.2 Å². The average Bonchev–Trinajstić information content (AvgIpc) is 3.45. The van der Waals surface area contributed by atoms with Crippen molar-refractivity contribution in [1.29, 1.82) is 0 Å². The number of nitrogens with zero attached hydrogens (tertiary/aromatic N) is 3. The summed E-state index contributed by atoms with van der Waals surface area (Å²) in [7, 11) is 2.05. The fourth-order valence-electron chi connectivity index (χ4n) is 3.32. The number of carbonyl (C=O) groups excluding carboxylic acids is 1. The number of guanidine groups is 1. The smallest absolute Gasteiger partial charge is 0.222 e. The normalized spacial score (nSPS) is 16.7. The van der Waals surface area contributed by atoms with Gasteiger partial charge < -0.3 is 19.9 Å². The molecule has 6 nitrogen and oxygen atoms in total. The van der Waals surface area contributed by atoms with Gasteiger partial charge in [-0.25, -0.2) is 4.99 Å². The maximum Gasteiger partial charge on any atom is 0.222 e. The van der Waals surface area contributed by atoms with Crippen molar-refractivity contribution < 1.29 is 9.53 Å². The van der Waals surface area contributed by atoms with E-state index >= 15 is 0 Å². The summed E-state index contributed by atoms with van der Waals surface area (Å²) in [5.41, 5.74) is 2.35. The van der Waals surface area contributed by atoms with Crippen LogP contribution in [0.2, 0.25) is 0 Å². The standard InChI is InChI=1S/C22H34N4O2.HI/c1-3-23-22(25(2)13-14-28-17-20-10-11-20)24-15-18-6-8-19(9-7-18)16-26-12-4-5-21(26)27;/h6-9,20H,3-5,10-17H2,1-2H3,(H,23,24);1H. The summed E-state index contributed by atoms with van der Waals surface area (Å²) in [6.07, 6.45) is 4.33. The van der Waals surface area contributed by atoms with E-state index in [2.05, 4.69) is 48.5 Å². The summed E-state index contributed by atoms with van der Waals surface area (Å²) in [6.45, 7) is 7.64. The number of rotatable bonds is 10. The van der Waals surface area contributed by atoms with Crippen LogP contribution in [0.5, 0.6) is 0 Å². The molecule has 0 spiro atoms. The molecule has 1 aliphatic carbocycles. The van der Waals surface area contributed by atoms with Gasteiger partial charge in [0.1, 0.15) is 0 Å². The highest BCUT2D eigenvalue weighted by Crippen LogP contribution is 2.28. The first-order valence-corrected chi connectivity index (χ1v) is 10.6. The van der Waals surface area contributed by atoms with Gasteiger partial charge in [0.2, 0.25) is 5.91 Å². The van der Waals surface area contributed by atoms with Gasteiger partial charge in [0.15, 0.2) is 5.96 Å². The van der Waals surface area contributed by atoms with E-state index in [-0.39, 0.29) is 29.9 Å². The molecule has 29 heavy (non-hydrogen) atoms. The Kier molecular flexibility index (Phi) is 10.2. The average molecular weight is 514 g/mol. The molecule has 0 aromatic heterocycles. The molecule has 1 saturated carbocycles. The summed E-state index contributed by atoms with van der Waals surface area (Å²) in [6, 6.07) is 8.45. The molecule has 0 radical (unpaired) electrons. The molecular weight excluding hydrogens is 479 g/mol. The van der Waals surface area contributed by atoms with Crippen LogP contribution in [0.1, 0.15) is 43.7 Å². The third-order valence-electron chi connectivity index (χ3n) is 5.30. The predicted octanol–water partition coefficient (Wildman–Crippen LogP) is 3.25. The van der Waals surface area contributed by atoms with Crippen molar-refractivity contribution in [1.82, 2.24) is 15.1 Å². The maximum absolute atomic E-state index is 11.8. The van der Waals surface area contributed by atoms with Gasteiger partial charge in [0.25, 0.3) is 0 Å². The number of halogens is 1. The first kappa shape index (κ1) is 23.9. The van der Waals surface area contributed by atoms with E-state index in [1.54, 1.807) is 0 Å². The molecule has 1 heterocycles. The number of ether oxygens (including phenoxy) is 1. The van der Waals surface area contributed by atoms with Gasteiger partial charge in [-0.1, -0.05) is 24.3 Å². The van der Waals surface area contributed by atoms with Crippen LogP contribution in [0.15, 0.2) is 29.3 Å². The Hall–Kier alpha value is -1.35. The lowest BCUT2D eigenvalue weighted by atomic mass is 10.1. The fourth-order valence-corrected chi connectivity index (χ4v) is 3.32. The van der Waals surface area contributed by atoms with Gasteiger partial charge in [-0.3, -0.25) is 4.79 Å². The van der Waals surface area contributed by atoms with Crippen molar-refractivity contribution in [2.24, 2.45) is 10.9 Å². The minimum absolute atomic E-state index is 0. The van der Waals surface area contributed by atoms with Crippen LogP contribution in [0.4, 0.5) is 0 Å². The monoisotopic (exact) mass is 514 g/mol. The van der Waals surface area contributed by atoms with Gasteiger partial charge in [0, 0.05) is 46.3 Å². The van der Waals surface area contributed by atoms with Gasteiger partial charge in [-0.05, 0) is 43.2 Å². The van der Waals surface area contributed by atoms with Gasteiger partial charge in [-0.15, -0.1) is 24.0 Å². The number of likely N-dealkylation sites (tertiary alicyclic amines) is 1. The minimum atomic E-state index is 0. The Balaban J connectivity index is 0.00000300. The van der Waals surface area contributed by atoms with Gasteiger partial charge >= 0.3 is 0 Å². The summed E-state index contributed by atoms with van der Waals surface area (Å²) in [4.78, 5) is 20.6. The summed E-state index contributed by atoms with van der Waals surface area (Å²) in [5, 5.41) is 3.36. The molecule has 1 aromatic carbocycles. The Bertz CT molecular complexity index is 661. The molecule has 0 atom stereocenters. The van der Waals surface area contributed by atoms with Crippen molar-refractivity contribution in [3.63, 3.8) is 0 Å². The first-order valence-electron chi connectivity index (χ1n) is 10.6. The molecule has 2 fully saturated rings. The largest absolute Gasteiger partial charge is 0.379 e. The van der Waals surface area contributed by atoms with E-state index < -0.39 is 0 Å². The zero-order valence-electron chi connectivity index (χ0n) is 17.7. The number of benzene rings is 1. The van der Waals surface area contributed by atoms with E-state index in [9.17, 15) is 4.79 Å². The number of likely N-dealkylation sites (N-methyl/N-ethyl adjacent to an activating group) is 1. The predicted molar refractivity (Wildman–Crippen MR) is 127 cm³/mol. The first-order chi connectivity index (χ1) is 13.7. The lowest BCUT2D eigenvalue weighted by Crippen LogP contribution is -2.40. The number of amides is 1. The molecule has 0 unspecified atom stereocenters. The van der Waals surface area contributed by atoms with E-state index in [0.29, 0.717) is 19.5 Å². The van der Waals surface area contributed by atoms with Crippen LogP contribution in [-0.2, 0) is 22.6 Å². The molecule has 1 N–H and O–H groups in total. The Morgan fingerprint density at radius 1 is 1.28 bits per heavy atom. The molecule has 162 valence electrons. The molecule has 3 rings (SSSR count). The zero-order valence-corrected chi connectivity index (χ0v) is 20.1. The van der Waals surface area contributed by atoms with Crippen LogP contribution in [0.3, 0.4) is 0 Å². The van der Waals surface area contributed by atoms with Crippen molar-refractivity contribution in [2.75, 3.05) is 39.9 Å². The van der Waals surface area contributed by atoms with Crippen molar-refractivity contribution in [3.8, 4) is 0 Å². The molecule has 0 bridgehead atoms. The third kappa shape index (κ3) is 8.12. The number of hydrogen-bond acceptors (Lipinski definition) is 3. The number of nitrogens with one attached hydrogen (secondary N) is 1. The molecular formula is C22H35IN4O2. The number of hydrogen-bond donors (Lipinski definition) is 1. The lowest BCUT2D eigenvalue weighted by molar-refractivity contribution is -0.128. The second kappa shape index (κ2) is 12.4. The Labute approximate surface area is 192 Å². The quantitative estimate of drug-likeness (QED) is 0.226. The molecule has 1 amide bonds. The van der Waals surface area contributed by atoms with Crippen molar-refractivity contribution >= 4 is 35.8 Å². The fraction of sp³-hybridized carbons (Fsp3) is 0.636. The maximum atomic E-state index is 11.8. The minimum Gasteiger partial charge on any atom is -0.379 e. The van der Waals surface area contributed by atoms with Crippen LogP contribution >= 0.6 is 24.0 Å². The van der Waals surface area contributed by atoms with Gasteiger partial charge in [-0.2, -0.15) is 0 Å². The molecule has 1 aromatic rings. The Morgan fingerprint density at radius 3 is 2.62 bits per heavy atom. The van der Waals surface area contributed by atoms with Gasteiger partial charge in [0.05, 0.1) is 13.2 Å². The van der Waals surface area contributed by atoms with E-state index in [0.717, 1.165) is 51.1 Å². The molecule has 2 aliphatic rings. The Morgan fingerprint density at radius 2 is 2.00 bits per heavy atom. The van der Waals surface area contributed by atoms with E-state index in [1.807, 2.05) is 4.90 Å². The highest BCUT2D eigenvalue weighted by Gasteiger charge is 2.21. The summed E-state index contributed by atoms with van der Waals surface area (Å²) >= 11 is 0. The highest BCUT2D eigenvalue weighted by molar-refractivity contribution is 14.0. The second-order valence-electron chi connectivity index (χ2n) is 7.85. The van der Waals surface area contributed by atoms with E-state index in [4.69, 9.17) is 9.73 Å². The molecule has 7 heteroatoms.